The molecule has 1 unspecified atom stereocenters. The third-order valence-corrected chi connectivity index (χ3v) is 3.37. The van der Waals surface area contributed by atoms with E-state index in [9.17, 15) is 9.59 Å². The van der Waals surface area contributed by atoms with E-state index >= 15 is 0 Å². The van der Waals surface area contributed by atoms with Crippen LogP contribution in [0, 0.1) is 5.92 Å². The zero-order valence-corrected chi connectivity index (χ0v) is 11.4. The topological polar surface area (TPSA) is 79.7 Å². The highest BCUT2D eigenvalue weighted by molar-refractivity contribution is 5.90. The molecule has 20 heavy (non-hydrogen) atoms. The Morgan fingerprint density at radius 2 is 2.30 bits per heavy atom. The number of aliphatic carboxylic acids is 1. The molecule has 1 aromatic heterocycles. The smallest absolute Gasteiger partial charge is 0.339 e. The first-order valence-electron chi connectivity index (χ1n) is 6.71. The van der Waals surface area contributed by atoms with Gasteiger partial charge in [-0.1, -0.05) is 0 Å². The van der Waals surface area contributed by atoms with E-state index in [2.05, 4.69) is 4.98 Å². The maximum Gasteiger partial charge on any atom is 0.339 e. The van der Waals surface area contributed by atoms with E-state index in [4.69, 9.17) is 9.84 Å². The van der Waals surface area contributed by atoms with Crippen molar-refractivity contribution in [3.05, 3.63) is 24.0 Å². The Morgan fingerprint density at radius 1 is 1.50 bits per heavy atom. The highest BCUT2D eigenvalue weighted by atomic mass is 16.5. The van der Waals surface area contributed by atoms with Gasteiger partial charge in [-0.15, -0.1) is 0 Å². The van der Waals surface area contributed by atoms with Crippen LogP contribution in [-0.2, 0) is 9.53 Å². The van der Waals surface area contributed by atoms with Crippen LogP contribution >= 0.6 is 0 Å². The van der Waals surface area contributed by atoms with Crippen molar-refractivity contribution in [2.45, 2.75) is 19.8 Å². The van der Waals surface area contributed by atoms with Crippen molar-refractivity contribution in [3.63, 3.8) is 0 Å². The maximum atomic E-state index is 11.7. The Bertz CT molecular complexity index is 504. The van der Waals surface area contributed by atoms with E-state index in [0.717, 1.165) is 18.7 Å². The van der Waals surface area contributed by atoms with E-state index in [0.29, 0.717) is 25.1 Å². The van der Waals surface area contributed by atoms with Crippen LogP contribution in [0.5, 0.6) is 0 Å². The van der Waals surface area contributed by atoms with Crippen molar-refractivity contribution in [2.75, 3.05) is 24.6 Å². The third kappa shape index (κ3) is 3.26. The van der Waals surface area contributed by atoms with E-state index in [1.165, 1.54) is 6.20 Å². The normalized spacial score (nSPS) is 18.6. The first kappa shape index (κ1) is 14.3. The van der Waals surface area contributed by atoms with Crippen molar-refractivity contribution in [1.29, 1.82) is 0 Å². The molecule has 1 aliphatic heterocycles. The van der Waals surface area contributed by atoms with E-state index in [-0.39, 0.29) is 5.92 Å². The van der Waals surface area contributed by atoms with Crippen LogP contribution in [-0.4, -0.2) is 41.7 Å². The fourth-order valence-electron chi connectivity index (χ4n) is 2.34. The summed E-state index contributed by atoms with van der Waals surface area (Å²) in [5.41, 5.74) is 1.16. The number of esters is 1. The molecule has 1 N–H and O–H groups in total. The van der Waals surface area contributed by atoms with Crippen molar-refractivity contribution in [2.24, 2.45) is 5.92 Å². The fourth-order valence-corrected chi connectivity index (χ4v) is 2.34. The molecule has 0 aromatic carbocycles. The van der Waals surface area contributed by atoms with E-state index in [1.807, 2.05) is 4.90 Å². The number of rotatable bonds is 4. The molecule has 0 amide bonds. The Kier molecular flexibility index (Phi) is 4.55. The zero-order chi connectivity index (χ0) is 14.5. The molecular weight excluding hydrogens is 260 g/mol. The second-order valence-corrected chi connectivity index (χ2v) is 4.78. The number of carbonyl (C=O) groups excluding carboxylic acids is 1. The Labute approximate surface area is 117 Å². The standard InChI is InChI=1S/C14H18N2O4/c1-2-20-14(19)11-6-12(8-15-7-11)16-5-3-4-10(9-16)13(17)18/h6-8,10H,2-5,9H2,1H3,(H,17,18). The van der Waals surface area contributed by atoms with Gasteiger partial charge >= 0.3 is 11.9 Å². The molecule has 1 atom stereocenters. The van der Waals surface area contributed by atoms with Gasteiger partial charge in [0.15, 0.2) is 0 Å². The monoisotopic (exact) mass is 278 g/mol. The summed E-state index contributed by atoms with van der Waals surface area (Å²) in [5, 5.41) is 9.10. The molecule has 1 aliphatic rings. The van der Waals surface area contributed by atoms with Gasteiger partial charge in [0.25, 0.3) is 0 Å². The average molecular weight is 278 g/mol. The summed E-state index contributed by atoms with van der Waals surface area (Å²) < 4.78 is 4.94. The van der Waals surface area contributed by atoms with Crippen LogP contribution in [0.1, 0.15) is 30.1 Å². The van der Waals surface area contributed by atoms with Gasteiger partial charge in [0, 0.05) is 19.3 Å². The number of carbonyl (C=O) groups is 2. The van der Waals surface area contributed by atoms with Crippen molar-refractivity contribution >= 4 is 17.6 Å². The van der Waals surface area contributed by atoms with Crippen LogP contribution in [0.4, 0.5) is 5.69 Å². The predicted molar refractivity (Wildman–Crippen MR) is 72.8 cm³/mol. The second-order valence-electron chi connectivity index (χ2n) is 4.78. The number of ether oxygens (including phenoxy) is 1. The quantitative estimate of drug-likeness (QED) is 0.842. The number of anilines is 1. The Morgan fingerprint density at radius 3 is 3.00 bits per heavy atom. The van der Waals surface area contributed by atoms with Gasteiger partial charge in [-0.25, -0.2) is 4.79 Å². The second kappa shape index (κ2) is 6.36. The first-order valence-corrected chi connectivity index (χ1v) is 6.71. The predicted octanol–water partition coefficient (Wildman–Crippen LogP) is 1.56. The molecule has 2 heterocycles. The van der Waals surface area contributed by atoms with Crippen molar-refractivity contribution in [3.8, 4) is 0 Å². The molecule has 0 bridgehead atoms. The van der Waals surface area contributed by atoms with Gasteiger partial charge in [-0.05, 0) is 25.8 Å². The summed E-state index contributed by atoms with van der Waals surface area (Å²) in [4.78, 5) is 28.8. The number of nitrogens with zero attached hydrogens (tertiary/aromatic N) is 2. The molecule has 0 aliphatic carbocycles. The zero-order valence-electron chi connectivity index (χ0n) is 11.4. The number of carboxylic acid groups (broad SMARTS) is 1. The Hall–Kier alpha value is -2.11. The summed E-state index contributed by atoms with van der Waals surface area (Å²) in [6, 6.07) is 1.70. The lowest BCUT2D eigenvalue weighted by Gasteiger charge is -2.32. The molecule has 1 aromatic rings. The number of hydrogen-bond acceptors (Lipinski definition) is 5. The van der Waals surface area contributed by atoms with Crippen LogP contribution in [0.3, 0.4) is 0 Å². The average Bonchev–Trinajstić information content (AvgIpc) is 2.48. The molecule has 0 saturated carbocycles. The highest BCUT2D eigenvalue weighted by Crippen LogP contribution is 2.23. The number of piperidine rings is 1. The van der Waals surface area contributed by atoms with Gasteiger partial charge < -0.3 is 14.7 Å². The largest absolute Gasteiger partial charge is 0.481 e. The number of hydrogen-bond donors (Lipinski definition) is 1. The molecule has 1 saturated heterocycles. The highest BCUT2D eigenvalue weighted by Gasteiger charge is 2.26. The van der Waals surface area contributed by atoms with Gasteiger partial charge in [-0.3, -0.25) is 9.78 Å². The van der Waals surface area contributed by atoms with Crippen LogP contribution in [0.25, 0.3) is 0 Å². The van der Waals surface area contributed by atoms with Crippen molar-refractivity contribution in [1.82, 2.24) is 4.98 Å². The number of pyridine rings is 1. The molecule has 108 valence electrons. The minimum Gasteiger partial charge on any atom is -0.481 e. The lowest BCUT2D eigenvalue weighted by atomic mass is 9.98. The molecular formula is C14H18N2O4. The van der Waals surface area contributed by atoms with Crippen molar-refractivity contribution < 1.29 is 19.4 Å². The van der Waals surface area contributed by atoms with Crippen LogP contribution < -0.4 is 4.90 Å². The molecule has 6 nitrogen and oxygen atoms in total. The minimum absolute atomic E-state index is 0.313. The van der Waals surface area contributed by atoms with Gasteiger partial charge in [0.1, 0.15) is 0 Å². The van der Waals surface area contributed by atoms with Gasteiger partial charge in [-0.2, -0.15) is 0 Å². The summed E-state index contributed by atoms with van der Waals surface area (Å²) in [5.74, 6) is -1.55. The van der Waals surface area contributed by atoms with E-state index < -0.39 is 11.9 Å². The SMILES string of the molecule is CCOC(=O)c1cncc(N2CCCC(C(=O)O)C2)c1. The molecule has 6 heteroatoms. The molecule has 0 spiro atoms. The Balaban J connectivity index is 2.14. The first-order chi connectivity index (χ1) is 9.61. The third-order valence-electron chi connectivity index (χ3n) is 3.37. The summed E-state index contributed by atoms with van der Waals surface area (Å²) in [6.45, 7) is 3.28. The van der Waals surface area contributed by atoms with Crippen LogP contribution in [0.15, 0.2) is 18.5 Å². The number of aromatic nitrogens is 1. The summed E-state index contributed by atoms with van der Waals surface area (Å²) in [7, 11) is 0. The molecule has 0 radical (unpaired) electrons. The van der Waals surface area contributed by atoms with Crippen LogP contribution in [0.2, 0.25) is 0 Å². The molecule has 1 fully saturated rings. The summed E-state index contributed by atoms with van der Waals surface area (Å²) in [6.07, 6.45) is 4.62. The molecule has 2 rings (SSSR count). The van der Waals surface area contributed by atoms with E-state index in [1.54, 1.807) is 19.2 Å². The maximum absolute atomic E-state index is 11.7. The number of carboxylic acids is 1. The fraction of sp³-hybridized carbons (Fsp3) is 0.500. The van der Waals surface area contributed by atoms with Gasteiger partial charge in [0.2, 0.25) is 0 Å². The lowest BCUT2D eigenvalue weighted by Crippen LogP contribution is -2.38. The minimum atomic E-state index is -0.774. The summed E-state index contributed by atoms with van der Waals surface area (Å²) >= 11 is 0. The lowest BCUT2D eigenvalue weighted by molar-refractivity contribution is -0.141. The van der Waals surface area contributed by atoms with Gasteiger partial charge in [0.05, 0.1) is 30.0 Å².